The van der Waals surface area contributed by atoms with Gasteiger partial charge in [-0.2, -0.15) is 18.7 Å². The number of alkyl halides is 3. The molecule has 0 bridgehead atoms. The van der Waals surface area contributed by atoms with E-state index in [0.29, 0.717) is 4.34 Å². The first-order valence-electron chi connectivity index (χ1n) is 3.63. The van der Waals surface area contributed by atoms with Gasteiger partial charge < -0.3 is 0 Å². The lowest BCUT2D eigenvalue weighted by molar-refractivity contribution is -0.190. The molecule has 1 rings (SSSR count). The predicted molar refractivity (Wildman–Crippen MR) is 48.2 cm³/mol. The van der Waals surface area contributed by atoms with Crippen LogP contribution in [-0.2, 0) is 11.4 Å². The van der Waals surface area contributed by atoms with E-state index < -0.39 is 12.8 Å². The SMILES string of the molecule is FC(F)(F)CONCc1ccc(Cl)s1. The Balaban J connectivity index is 2.16. The predicted octanol–water partition coefficient (Wildman–Crippen LogP) is 2.99. The van der Waals surface area contributed by atoms with Crippen molar-refractivity contribution in [3.8, 4) is 0 Å². The molecule has 0 saturated carbocycles. The van der Waals surface area contributed by atoms with Gasteiger partial charge in [-0.1, -0.05) is 11.6 Å². The quantitative estimate of drug-likeness (QED) is 0.650. The van der Waals surface area contributed by atoms with Crippen LogP contribution in [0.5, 0.6) is 0 Å². The second kappa shape index (κ2) is 4.97. The van der Waals surface area contributed by atoms with E-state index in [1.54, 1.807) is 12.1 Å². The van der Waals surface area contributed by atoms with E-state index in [4.69, 9.17) is 11.6 Å². The summed E-state index contributed by atoms with van der Waals surface area (Å²) in [4.78, 5) is 5.02. The van der Waals surface area contributed by atoms with Crippen LogP contribution in [0.25, 0.3) is 0 Å². The van der Waals surface area contributed by atoms with Crippen molar-refractivity contribution in [3.63, 3.8) is 0 Å². The molecule has 0 spiro atoms. The molecular weight excluding hydrogens is 239 g/mol. The van der Waals surface area contributed by atoms with Crippen molar-refractivity contribution in [2.45, 2.75) is 12.7 Å². The van der Waals surface area contributed by atoms with Crippen LogP contribution in [0.15, 0.2) is 12.1 Å². The zero-order chi connectivity index (χ0) is 10.6. The fourth-order valence-corrected chi connectivity index (χ4v) is 1.72. The van der Waals surface area contributed by atoms with E-state index in [0.717, 1.165) is 4.88 Å². The normalized spacial score (nSPS) is 12.0. The van der Waals surface area contributed by atoms with Gasteiger partial charge in [-0.15, -0.1) is 11.3 Å². The van der Waals surface area contributed by atoms with Crippen LogP contribution in [0.4, 0.5) is 13.2 Å². The van der Waals surface area contributed by atoms with E-state index in [-0.39, 0.29) is 6.54 Å². The maximum Gasteiger partial charge on any atom is 0.413 e. The molecule has 1 heterocycles. The van der Waals surface area contributed by atoms with Crippen molar-refractivity contribution in [3.05, 3.63) is 21.3 Å². The van der Waals surface area contributed by atoms with Crippen LogP contribution in [-0.4, -0.2) is 12.8 Å². The molecule has 0 fully saturated rings. The summed E-state index contributed by atoms with van der Waals surface area (Å²) in [7, 11) is 0. The summed E-state index contributed by atoms with van der Waals surface area (Å²) in [5.41, 5.74) is 2.20. The average Bonchev–Trinajstić information content (AvgIpc) is 2.44. The lowest BCUT2D eigenvalue weighted by atomic mass is 10.5. The van der Waals surface area contributed by atoms with E-state index in [9.17, 15) is 13.2 Å². The number of hydrogen-bond donors (Lipinski definition) is 1. The minimum atomic E-state index is -4.31. The summed E-state index contributed by atoms with van der Waals surface area (Å²) in [5, 5.41) is 0. The zero-order valence-corrected chi connectivity index (χ0v) is 8.47. The average molecular weight is 246 g/mol. The van der Waals surface area contributed by atoms with Crippen LogP contribution in [0.3, 0.4) is 0 Å². The number of thiophene rings is 1. The molecule has 80 valence electrons. The molecule has 0 amide bonds. The first-order valence-corrected chi connectivity index (χ1v) is 4.82. The zero-order valence-electron chi connectivity index (χ0n) is 6.90. The standard InChI is InChI=1S/C7H7ClF3NOS/c8-6-2-1-5(14-6)3-12-13-4-7(9,10)11/h1-2,12H,3-4H2. The molecule has 0 aromatic carbocycles. The van der Waals surface area contributed by atoms with Crippen molar-refractivity contribution < 1.29 is 18.0 Å². The van der Waals surface area contributed by atoms with Crippen LogP contribution >= 0.6 is 22.9 Å². The van der Waals surface area contributed by atoms with Crippen LogP contribution in [0, 0.1) is 0 Å². The highest BCUT2D eigenvalue weighted by Gasteiger charge is 2.27. The van der Waals surface area contributed by atoms with Crippen molar-refractivity contribution in [1.29, 1.82) is 0 Å². The molecule has 14 heavy (non-hydrogen) atoms. The maximum absolute atomic E-state index is 11.6. The number of halogens is 4. The second-order valence-electron chi connectivity index (χ2n) is 2.43. The Labute approximate surface area is 87.6 Å². The second-order valence-corrected chi connectivity index (χ2v) is 4.23. The Morgan fingerprint density at radius 3 is 2.64 bits per heavy atom. The first-order chi connectivity index (χ1) is 6.47. The summed E-state index contributed by atoms with van der Waals surface area (Å²) in [6.45, 7) is -1.08. The van der Waals surface area contributed by atoms with Gasteiger partial charge in [-0.3, -0.25) is 4.84 Å². The van der Waals surface area contributed by atoms with Crippen LogP contribution in [0.1, 0.15) is 4.88 Å². The van der Waals surface area contributed by atoms with Gasteiger partial charge in [-0.05, 0) is 12.1 Å². The van der Waals surface area contributed by atoms with Gasteiger partial charge in [-0.25, -0.2) is 0 Å². The molecule has 1 aromatic rings. The summed E-state index contributed by atoms with van der Waals surface area (Å²) >= 11 is 6.90. The molecule has 0 atom stereocenters. The largest absolute Gasteiger partial charge is 0.413 e. The van der Waals surface area contributed by atoms with Gasteiger partial charge in [0.2, 0.25) is 0 Å². The Morgan fingerprint density at radius 1 is 1.43 bits per heavy atom. The van der Waals surface area contributed by atoms with Crippen LogP contribution in [0.2, 0.25) is 4.34 Å². The Kier molecular flexibility index (Phi) is 4.18. The van der Waals surface area contributed by atoms with Gasteiger partial charge in [0.15, 0.2) is 6.61 Å². The molecule has 0 unspecified atom stereocenters. The Bertz CT molecular complexity index is 289. The van der Waals surface area contributed by atoms with Gasteiger partial charge >= 0.3 is 6.18 Å². The highest BCUT2D eigenvalue weighted by Crippen LogP contribution is 2.21. The van der Waals surface area contributed by atoms with Gasteiger partial charge in [0, 0.05) is 4.88 Å². The van der Waals surface area contributed by atoms with E-state index in [2.05, 4.69) is 10.3 Å². The minimum absolute atomic E-state index is 0.216. The third-order valence-corrected chi connectivity index (χ3v) is 2.44. The third kappa shape index (κ3) is 4.80. The van der Waals surface area contributed by atoms with Crippen molar-refractivity contribution in [1.82, 2.24) is 5.48 Å². The number of rotatable bonds is 4. The van der Waals surface area contributed by atoms with Gasteiger partial charge in [0.05, 0.1) is 10.9 Å². The third-order valence-electron chi connectivity index (χ3n) is 1.21. The smallest absolute Gasteiger partial charge is 0.292 e. The molecule has 0 aliphatic carbocycles. The molecule has 7 heteroatoms. The number of hydrogen-bond acceptors (Lipinski definition) is 3. The molecule has 0 aliphatic heterocycles. The molecule has 0 aliphatic rings. The molecular formula is C7H7ClF3NOS. The molecule has 2 nitrogen and oxygen atoms in total. The van der Waals surface area contributed by atoms with E-state index in [1.807, 2.05) is 0 Å². The fourth-order valence-electron chi connectivity index (χ4n) is 0.702. The number of hydroxylamine groups is 1. The summed E-state index contributed by atoms with van der Waals surface area (Å²) in [6.07, 6.45) is -4.31. The summed E-state index contributed by atoms with van der Waals surface area (Å²) in [5.74, 6) is 0. The van der Waals surface area contributed by atoms with E-state index >= 15 is 0 Å². The summed E-state index contributed by atoms with van der Waals surface area (Å²) in [6, 6.07) is 3.39. The molecule has 1 aromatic heterocycles. The lowest BCUT2D eigenvalue weighted by Crippen LogP contribution is -2.24. The number of nitrogens with one attached hydrogen (secondary N) is 1. The van der Waals surface area contributed by atoms with E-state index in [1.165, 1.54) is 11.3 Å². The Hall–Kier alpha value is -0.300. The minimum Gasteiger partial charge on any atom is -0.292 e. The molecule has 0 radical (unpaired) electrons. The van der Waals surface area contributed by atoms with Crippen molar-refractivity contribution in [2.75, 3.05) is 6.61 Å². The molecule has 1 N–H and O–H groups in total. The highest BCUT2D eigenvalue weighted by atomic mass is 35.5. The van der Waals surface area contributed by atoms with Crippen molar-refractivity contribution >= 4 is 22.9 Å². The van der Waals surface area contributed by atoms with Gasteiger partial charge in [0.1, 0.15) is 0 Å². The Morgan fingerprint density at radius 2 is 2.14 bits per heavy atom. The monoisotopic (exact) mass is 245 g/mol. The highest BCUT2D eigenvalue weighted by molar-refractivity contribution is 7.16. The van der Waals surface area contributed by atoms with Crippen LogP contribution < -0.4 is 5.48 Å². The first kappa shape index (κ1) is 11.8. The van der Waals surface area contributed by atoms with Crippen molar-refractivity contribution in [2.24, 2.45) is 0 Å². The maximum atomic E-state index is 11.6. The van der Waals surface area contributed by atoms with Gasteiger partial charge in [0.25, 0.3) is 0 Å². The fraction of sp³-hybridized carbons (Fsp3) is 0.429. The molecule has 0 saturated heterocycles. The summed E-state index contributed by atoms with van der Waals surface area (Å²) < 4.78 is 35.4. The topological polar surface area (TPSA) is 21.3 Å². The lowest BCUT2D eigenvalue weighted by Gasteiger charge is -2.07.